The molecule has 0 spiro atoms. The summed E-state index contributed by atoms with van der Waals surface area (Å²) >= 11 is 1.79. The lowest BCUT2D eigenvalue weighted by atomic mass is 9.97. The molecule has 1 aromatic heterocycles. The fourth-order valence-corrected chi connectivity index (χ4v) is 3.71. The lowest BCUT2D eigenvalue weighted by Gasteiger charge is -2.31. The Labute approximate surface area is 130 Å². The van der Waals surface area contributed by atoms with Crippen molar-refractivity contribution >= 4 is 34.0 Å². The smallest absolute Gasteiger partial charge is 0.0907 e. The fraction of sp³-hybridized carbons (Fsp3) is 0.533. The Kier molecular flexibility index (Phi) is 5.38. The summed E-state index contributed by atoms with van der Waals surface area (Å²) in [5.41, 5.74) is 8.28. The van der Waals surface area contributed by atoms with E-state index in [-0.39, 0.29) is 12.4 Å². The van der Waals surface area contributed by atoms with Crippen LogP contribution in [0.1, 0.15) is 23.4 Å². The molecule has 5 heteroatoms. The van der Waals surface area contributed by atoms with E-state index < -0.39 is 0 Å². The molecule has 0 aliphatic carbocycles. The number of aryl methyl sites for hydroxylation is 1. The Morgan fingerprint density at radius 3 is 2.80 bits per heavy atom. The second-order valence-corrected chi connectivity index (χ2v) is 6.72. The van der Waals surface area contributed by atoms with Crippen molar-refractivity contribution in [3.05, 3.63) is 28.8 Å². The Morgan fingerprint density at radius 2 is 2.10 bits per heavy atom. The number of aromatic nitrogens is 1. The standard InChI is InChI=1S/C15H21N3S.ClH/c1-11-17-14-3-2-13(8-15(14)19-11)10-18-6-4-12(9-16)5-7-18;/h2-3,8,12H,4-7,9-10,16H2,1H3;1H. The van der Waals surface area contributed by atoms with E-state index in [1.165, 1.54) is 36.2 Å². The molecule has 3 nitrogen and oxygen atoms in total. The lowest BCUT2D eigenvalue weighted by Crippen LogP contribution is -2.35. The van der Waals surface area contributed by atoms with E-state index in [2.05, 4.69) is 35.0 Å². The molecule has 110 valence electrons. The van der Waals surface area contributed by atoms with Crippen molar-refractivity contribution < 1.29 is 0 Å². The molecule has 0 unspecified atom stereocenters. The highest BCUT2D eigenvalue weighted by Gasteiger charge is 2.18. The summed E-state index contributed by atoms with van der Waals surface area (Å²) in [6, 6.07) is 6.67. The van der Waals surface area contributed by atoms with E-state index in [1.54, 1.807) is 11.3 Å². The molecule has 0 bridgehead atoms. The van der Waals surface area contributed by atoms with Gasteiger partial charge >= 0.3 is 0 Å². The first-order valence-electron chi connectivity index (χ1n) is 7.03. The van der Waals surface area contributed by atoms with E-state index in [0.29, 0.717) is 0 Å². The monoisotopic (exact) mass is 311 g/mol. The maximum atomic E-state index is 5.74. The zero-order valence-corrected chi connectivity index (χ0v) is 13.5. The third kappa shape index (κ3) is 3.50. The van der Waals surface area contributed by atoms with Gasteiger partial charge in [-0.05, 0) is 63.0 Å². The quantitative estimate of drug-likeness (QED) is 0.946. The number of hydrogen-bond donors (Lipinski definition) is 1. The van der Waals surface area contributed by atoms with Crippen molar-refractivity contribution in [2.75, 3.05) is 19.6 Å². The van der Waals surface area contributed by atoms with E-state index in [9.17, 15) is 0 Å². The van der Waals surface area contributed by atoms with Gasteiger partial charge in [0.2, 0.25) is 0 Å². The molecule has 20 heavy (non-hydrogen) atoms. The number of halogens is 1. The molecule has 1 aromatic carbocycles. The van der Waals surface area contributed by atoms with Crippen molar-refractivity contribution in [3.8, 4) is 0 Å². The summed E-state index contributed by atoms with van der Waals surface area (Å²) in [6.07, 6.45) is 2.50. The van der Waals surface area contributed by atoms with Crippen LogP contribution in [0.4, 0.5) is 0 Å². The zero-order chi connectivity index (χ0) is 13.2. The lowest BCUT2D eigenvalue weighted by molar-refractivity contribution is 0.180. The van der Waals surface area contributed by atoms with Crippen LogP contribution in [0.25, 0.3) is 10.2 Å². The van der Waals surface area contributed by atoms with Crippen molar-refractivity contribution in [2.24, 2.45) is 11.7 Å². The van der Waals surface area contributed by atoms with Crippen LogP contribution >= 0.6 is 23.7 Å². The highest BCUT2D eigenvalue weighted by atomic mass is 35.5. The van der Waals surface area contributed by atoms with Gasteiger partial charge in [0.05, 0.1) is 15.2 Å². The molecule has 0 radical (unpaired) electrons. The maximum absolute atomic E-state index is 5.74. The highest BCUT2D eigenvalue weighted by molar-refractivity contribution is 7.18. The van der Waals surface area contributed by atoms with Gasteiger partial charge in [0.25, 0.3) is 0 Å². The van der Waals surface area contributed by atoms with Gasteiger partial charge in [0.15, 0.2) is 0 Å². The number of hydrogen-bond acceptors (Lipinski definition) is 4. The predicted molar refractivity (Wildman–Crippen MR) is 88.7 cm³/mol. The van der Waals surface area contributed by atoms with Gasteiger partial charge in [0, 0.05) is 6.54 Å². The molecule has 1 saturated heterocycles. The number of nitrogens with two attached hydrogens (primary N) is 1. The molecule has 0 saturated carbocycles. The van der Waals surface area contributed by atoms with Gasteiger partial charge in [-0.2, -0.15) is 0 Å². The van der Waals surface area contributed by atoms with Crippen LogP contribution in [0, 0.1) is 12.8 Å². The Hall–Kier alpha value is -0.680. The number of nitrogens with zero attached hydrogens (tertiary/aromatic N) is 2. The van der Waals surface area contributed by atoms with Crippen LogP contribution in [0.2, 0.25) is 0 Å². The minimum atomic E-state index is 0. The third-order valence-electron chi connectivity index (χ3n) is 4.01. The minimum Gasteiger partial charge on any atom is -0.330 e. The highest BCUT2D eigenvalue weighted by Crippen LogP contribution is 2.24. The van der Waals surface area contributed by atoms with Crippen molar-refractivity contribution in [2.45, 2.75) is 26.3 Å². The van der Waals surface area contributed by atoms with Gasteiger partial charge < -0.3 is 5.73 Å². The van der Waals surface area contributed by atoms with Gasteiger partial charge in [-0.25, -0.2) is 4.98 Å². The first-order chi connectivity index (χ1) is 9.24. The normalized spacial score (nSPS) is 17.3. The Balaban J connectivity index is 0.00000147. The van der Waals surface area contributed by atoms with E-state index in [4.69, 9.17) is 5.73 Å². The molecular weight excluding hydrogens is 290 g/mol. The molecule has 1 fully saturated rings. The summed E-state index contributed by atoms with van der Waals surface area (Å²) in [5.74, 6) is 0.739. The Bertz CT molecular complexity index is 561. The summed E-state index contributed by atoms with van der Waals surface area (Å²) in [6.45, 7) is 6.34. The van der Waals surface area contributed by atoms with Gasteiger partial charge in [0.1, 0.15) is 0 Å². The summed E-state index contributed by atoms with van der Waals surface area (Å²) in [4.78, 5) is 7.06. The van der Waals surface area contributed by atoms with Crippen LogP contribution in [0.5, 0.6) is 0 Å². The zero-order valence-electron chi connectivity index (χ0n) is 11.8. The second kappa shape index (κ2) is 6.85. The molecule has 2 aromatic rings. The summed E-state index contributed by atoms with van der Waals surface area (Å²) < 4.78 is 1.31. The summed E-state index contributed by atoms with van der Waals surface area (Å²) in [7, 11) is 0. The minimum absolute atomic E-state index is 0. The number of thiazole rings is 1. The average molecular weight is 312 g/mol. The van der Waals surface area contributed by atoms with E-state index in [0.717, 1.165) is 29.5 Å². The molecule has 1 aliphatic rings. The molecule has 3 rings (SSSR count). The molecule has 2 N–H and O–H groups in total. The van der Waals surface area contributed by atoms with Crippen molar-refractivity contribution in [1.29, 1.82) is 0 Å². The molecular formula is C15H22ClN3S. The van der Waals surface area contributed by atoms with Crippen LogP contribution in [0.15, 0.2) is 18.2 Å². The maximum Gasteiger partial charge on any atom is 0.0907 e. The topological polar surface area (TPSA) is 42.2 Å². The van der Waals surface area contributed by atoms with Crippen LogP contribution in [-0.2, 0) is 6.54 Å². The third-order valence-corrected chi connectivity index (χ3v) is 4.94. The van der Waals surface area contributed by atoms with E-state index >= 15 is 0 Å². The SMILES string of the molecule is Cc1nc2ccc(CN3CCC(CN)CC3)cc2s1.Cl. The average Bonchev–Trinajstić information content (AvgIpc) is 2.79. The Morgan fingerprint density at radius 1 is 1.35 bits per heavy atom. The first kappa shape index (κ1) is 15.7. The molecule has 1 aliphatic heterocycles. The van der Waals surface area contributed by atoms with Crippen LogP contribution in [0.3, 0.4) is 0 Å². The second-order valence-electron chi connectivity index (χ2n) is 5.49. The fourth-order valence-electron chi connectivity index (χ4n) is 2.82. The van der Waals surface area contributed by atoms with Gasteiger partial charge in [-0.3, -0.25) is 4.90 Å². The number of rotatable bonds is 3. The molecule has 0 amide bonds. The number of benzene rings is 1. The molecule has 0 atom stereocenters. The van der Waals surface area contributed by atoms with Crippen LogP contribution in [-0.4, -0.2) is 29.5 Å². The van der Waals surface area contributed by atoms with E-state index in [1.807, 2.05) is 0 Å². The van der Waals surface area contributed by atoms with Gasteiger partial charge in [-0.15, -0.1) is 23.7 Å². The predicted octanol–water partition coefficient (Wildman–Crippen LogP) is 3.20. The van der Waals surface area contributed by atoms with Crippen LogP contribution < -0.4 is 5.73 Å². The molecule has 2 heterocycles. The number of piperidine rings is 1. The van der Waals surface area contributed by atoms with Crippen molar-refractivity contribution in [1.82, 2.24) is 9.88 Å². The summed E-state index contributed by atoms with van der Waals surface area (Å²) in [5, 5.41) is 1.15. The number of fused-ring (bicyclic) bond motifs is 1. The largest absolute Gasteiger partial charge is 0.330 e. The number of likely N-dealkylation sites (tertiary alicyclic amines) is 1. The van der Waals surface area contributed by atoms with Crippen molar-refractivity contribution in [3.63, 3.8) is 0 Å². The first-order valence-corrected chi connectivity index (χ1v) is 7.85. The van der Waals surface area contributed by atoms with Gasteiger partial charge in [-0.1, -0.05) is 6.07 Å².